The Morgan fingerprint density at radius 1 is 1.46 bits per heavy atom. The third-order valence-corrected chi connectivity index (χ3v) is 2.16. The molecule has 0 unspecified atom stereocenters. The van der Waals surface area contributed by atoms with Gasteiger partial charge in [-0.05, 0) is 31.0 Å². The van der Waals surface area contributed by atoms with Gasteiger partial charge in [-0.1, -0.05) is 19.1 Å². The molecule has 13 heavy (non-hydrogen) atoms. The van der Waals surface area contributed by atoms with E-state index >= 15 is 0 Å². The fourth-order valence-corrected chi connectivity index (χ4v) is 1.08. The summed E-state index contributed by atoms with van der Waals surface area (Å²) < 4.78 is 12.7. The molecule has 2 heteroatoms. The summed E-state index contributed by atoms with van der Waals surface area (Å²) in [4.78, 5) is 0. The summed E-state index contributed by atoms with van der Waals surface area (Å²) in [5.41, 5.74) is 1.00. The van der Waals surface area contributed by atoms with Gasteiger partial charge in [-0.3, -0.25) is 0 Å². The molecule has 1 nitrogen and oxygen atoms in total. The summed E-state index contributed by atoms with van der Waals surface area (Å²) in [6.45, 7) is 5.00. The minimum Gasteiger partial charge on any atom is -0.310 e. The van der Waals surface area contributed by atoms with E-state index in [0.717, 1.165) is 18.5 Å². The second-order valence-electron chi connectivity index (χ2n) is 3.32. The van der Waals surface area contributed by atoms with Crippen molar-refractivity contribution in [1.29, 1.82) is 0 Å². The maximum absolute atomic E-state index is 12.7. The summed E-state index contributed by atoms with van der Waals surface area (Å²) in [6.07, 6.45) is 1.09. The van der Waals surface area contributed by atoms with E-state index in [1.165, 1.54) is 6.07 Å². The van der Waals surface area contributed by atoms with Gasteiger partial charge in [0, 0.05) is 12.6 Å². The van der Waals surface area contributed by atoms with Crippen molar-refractivity contribution in [3.63, 3.8) is 0 Å². The molecule has 0 aliphatic rings. The van der Waals surface area contributed by atoms with E-state index in [1.807, 2.05) is 6.07 Å². The maximum Gasteiger partial charge on any atom is 0.123 e. The molecule has 0 saturated heterocycles. The van der Waals surface area contributed by atoms with Crippen molar-refractivity contribution < 1.29 is 4.39 Å². The lowest BCUT2D eigenvalue weighted by atomic mass is 10.2. The molecule has 0 bridgehead atoms. The quantitative estimate of drug-likeness (QED) is 0.753. The molecule has 0 fully saturated rings. The SMILES string of the molecule is CC[C@H](C)NCc1cccc(F)c1. The number of nitrogens with one attached hydrogen (secondary N) is 1. The highest BCUT2D eigenvalue weighted by atomic mass is 19.1. The first kappa shape index (κ1) is 10.2. The smallest absolute Gasteiger partial charge is 0.123 e. The maximum atomic E-state index is 12.7. The van der Waals surface area contributed by atoms with Crippen molar-refractivity contribution in [2.45, 2.75) is 32.9 Å². The van der Waals surface area contributed by atoms with Crippen LogP contribution >= 0.6 is 0 Å². The Hall–Kier alpha value is -0.890. The predicted octanol–water partition coefficient (Wildman–Crippen LogP) is 2.71. The Balaban J connectivity index is 2.45. The molecule has 0 aromatic heterocycles. The van der Waals surface area contributed by atoms with Crippen LogP contribution in [0.3, 0.4) is 0 Å². The first-order valence-electron chi connectivity index (χ1n) is 4.70. The number of hydrogen-bond donors (Lipinski definition) is 1. The lowest BCUT2D eigenvalue weighted by Gasteiger charge is -2.10. The molecule has 1 aromatic rings. The second-order valence-corrected chi connectivity index (χ2v) is 3.32. The van der Waals surface area contributed by atoms with Gasteiger partial charge in [0.2, 0.25) is 0 Å². The monoisotopic (exact) mass is 181 g/mol. The molecule has 1 aromatic carbocycles. The van der Waals surface area contributed by atoms with Crippen LogP contribution in [0.1, 0.15) is 25.8 Å². The van der Waals surface area contributed by atoms with Crippen molar-refractivity contribution in [2.75, 3.05) is 0 Å². The summed E-state index contributed by atoms with van der Waals surface area (Å²) in [7, 11) is 0. The number of halogens is 1. The molecule has 1 rings (SSSR count). The Labute approximate surface area is 79.0 Å². The molecule has 0 heterocycles. The third-order valence-electron chi connectivity index (χ3n) is 2.16. The van der Waals surface area contributed by atoms with Gasteiger partial charge in [-0.25, -0.2) is 4.39 Å². The van der Waals surface area contributed by atoms with E-state index in [9.17, 15) is 4.39 Å². The molecule has 0 saturated carbocycles. The zero-order chi connectivity index (χ0) is 9.68. The highest BCUT2D eigenvalue weighted by Crippen LogP contribution is 2.03. The normalized spacial score (nSPS) is 12.8. The summed E-state index contributed by atoms with van der Waals surface area (Å²) in [5, 5.41) is 3.31. The van der Waals surface area contributed by atoms with Crippen LogP contribution in [0.5, 0.6) is 0 Å². The van der Waals surface area contributed by atoms with Crippen molar-refractivity contribution in [1.82, 2.24) is 5.32 Å². The van der Waals surface area contributed by atoms with Crippen molar-refractivity contribution in [3.05, 3.63) is 35.6 Å². The van der Waals surface area contributed by atoms with Crippen LogP contribution in [0.25, 0.3) is 0 Å². The minimum absolute atomic E-state index is 0.163. The minimum atomic E-state index is -0.163. The first-order chi connectivity index (χ1) is 6.22. The number of rotatable bonds is 4. The van der Waals surface area contributed by atoms with E-state index in [1.54, 1.807) is 12.1 Å². The number of benzene rings is 1. The molecule has 1 N–H and O–H groups in total. The molecular weight excluding hydrogens is 165 g/mol. The third kappa shape index (κ3) is 3.55. The predicted molar refractivity (Wildman–Crippen MR) is 53.0 cm³/mol. The molecule has 1 atom stereocenters. The van der Waals surface area contributed by atoms with Crippen molar-refractivity contribution >= 4 is 0 Å². The van der Waals surface area contributed by atoms with E-state index in [0.29, 0.717) is 6.04 Å². The Morgan fingerprint density at radius 2 is 2.23 bits per heavy atom. The lowest BCUT2D eigenvalue weighted by molar-refractivity contribution is 0.532. The zero-order valence-corrected chi connectivity index (χ0v) is 8.18. The van der Waals surface area contributed by atoms with Gasteiger partial charge < -0.3 is 5.32 Å². The van der Waals surface area contributed by atoms with Crippen LogP contribution in [0.2, 0.25) is 0 Å². The fraction of sp³-hybridized carbons (Fsp3) is 0.455. The summed E-state index contributed by atoms with van der Waals surface area (Å²) in [6, 6.07) is 7.19. The standard InChI is InChI=1S/C11H16FN/c1-3-9(2)13-8-10-5-4-6-11(12)7-10/h4-7,9,13H,3,8H2,1-2H3/t9-/m0/s1. The number of hydrogen-bond acceptors (Lipinski definition) is 1. The van der Waals surface area contributed by atoms with Gasteiger partial charge in [0.1, 0.15) is 5.82 Å². The molecular formula is C11H16FN. The van der Waals surface area contributed by atoms with E-state index in [-0.39, 0.29) is 5.82 Å². The van der Waals surface area contributed by atoms with E-state index in [4.69, 9.17) is 0 Å². The first-order valence-corrected chi connectivity index (χ1v) is 4.70. The average Bonchev–Trinajstić information content (AvgIpc) is 2.14. The highest BCUT2D eigenvalue weighted by Gasteiger charge is 1.98. The van der Waals surface area contributed by atoms with Crippen molar-refractivity contribution in [2.24, 2.45) is 0 Å². The molecule has 0 amide bonds. The molecule has 0 radical (unpaired) electrons. The zero-order valence-electron chi connectivity index (χ0n) is 8.18. The van der Waals surface area contributed by atoms with Gasteiger partial charge in [0.05, 0.1) is 0 Å². The topological polar surface area (TPSA) is 12.0 Å². The molecule has 0 spiro atoms. The van der Waals surface area contributed by atoms with Gasteiger partial charge >= 0.3 is 0 Å². The Kier molecular flexibility index (Phi) is 3.90. The molecule has 0 aliphatic heterocycles. The lowest BCUT2D eigenvalue weighted by Crippen LogP contribution is -2.24. The van der Waals surface area contributed by atoms with Gasteiger partial charge in [-0.15, -0.1) is 0 Å². The highest BCUT2D eigenvalue weighted by molar-refractivity contribution is 5.15. The van der Waals surface area contributed by atoms with Crippen LogP contribution in [0.4, 0.5) is 4.39 Å². The van der Waals surface area contributed by atoms with Gasteiger partial charge in [0.25, 0.3) is 0 Å². The Morgan fingerprint density at radius 3 is 2.85 bits per heavy atom. The van der Waals surface area contributed by atoms with Gasteiger partial charge in [0.15, 0.2) is 0 Å². The molecule has 72 valence electrons. The van der Waals surface area contributed by atoms with Gasteiger partial charge in [-0.2, -0.15) is 0 Å². The fourth-order valence-electron chi connectivity index (χ4n) is 1.08. The largest absolute Gasteiger partial charge is 0.310 e. The van der Waals surface area contributed by atoms with Crippen LogP contribution in [-0.2, 0) is 6.54 Å². The summed E-state index contributed by atoms with van der Waals surface area (Å²) >= 11 is 0. The average molecular weight is 181 g/mol. The van der Waals surface area contributed by atoms with Crippen molar-refractivity contribution in [3.8, 4) is 0 Å². The second kappa shape index (κ2) is 4.97. The van der Waals surface area contributed by atoms with E-state index < -0.39 is 0 Å². The van der Waals surface area contributed by atoms with Crippen LogP contribution in [0, 0.1) is 5.82 Å². The Bertz CT molecular complexity index is 260. The van der Waals surface area contributed by atoms with Crippen LogP contribution < -0.4 is 5.32 Å². The molecule has 0 aliphatic carbocycles. The van der Waals surface area contributed by atoms with Crippen LogP contribution in [0.15, 0.2) is 24.3 Å². The summed E-state index contributed by atoms with van der Waals surface area (Å²) in [5.74, 6) is -0.163. The van der Waals surface area contributed by atoms with Crippen LogP contribution in [-0.4, -0.2) is 6.04 Å². The van der Waals surface area contributed by atoms with E-state index in [2.05, 4.69) is 19.2 Å².